The maximum Gasteiger partial charge on any atom is 0.251 e. The Kier molecular flexibility index (Phi) is 8.09. The lowest BCUT2D eigenvalue weighted by molar-refractivity contribution is 0.0952. The number of aromatic nitrogens is 2. The van der Waals surface area contributed by atoms with E-state index in [1.54, 1.807) is 24.7 Å². The lowest BCUT2D eigenvalue weighted by Crippen LogP contribution is -2.29. The first-order valence-corrected chi connectivity index (χ1v) is 12.5. The standard InChI is InChI=1S/C22H33N5O3S/c1-3-18(2)16-25-20-13-19(22(28)24-7-6-9-26-12-8-23-17-26)14-21(15-20)31(29,30)27-10-4-5-11-27/h8,12-15,17-18,25H,3-7,9-11,16H2,1-2H3,(H,24,28). The van der Waals surface area contributed by atoms with E-state index in [1.807, 2.05) is 10.8 Å². The molecule has 170 valence electrons. The maximum atomic E-state index is 13.1. The van der Waals surface area contributed by atoms with Crippen LogP contribution in [0.5, 0.6) is 0 Å². The highest BCUT2D eigenvalue weighted by molar-refractivity contribution is 7.89. The van der Waals surface area contributed by atoms with Crippen LogP contribution in [0.2, 0.25) is 0 Å². The third kappa shape index (κ3) is 6.30. The summed E-state index contributed by atoms with van der Waals surface area (Å²) in [6, 6.07) is 4.87. The van der Waals surface area contributed by atoms with E-state index in [2.05, 4.69) is 29.5 Å². The number of aryl methyl sites for hydroxylation is 1. The topological polar surface area (TPSA) is 96.3 Å². The lowest BCUT2D eigenvalue weighted by atomic mass is 10.1. The molecule has 0 radical (unpaired) electrons. The first-order chi connectivity index (χ1) is 14.9. The summed E-state index contributed by atoms with van der Waals surface area (Å²) in [6.45, 7) is 7.27. The predicted molar refractivity (Wildman–Crippen MR) is 122 cm³/mol. The number of amides is 1. The molecule has 1 aromatic heterocycles. The minimum Gasteiger partial charge on any atom is -0.385 e. The summed E-state index contributed by atoms with van der Waals surface area (Å²) in [4.78, 5) is 17.0. The van der Waals surface area contributed by atoms with Gasteiger partial charge in [-0.3, -0.25) is 4.79 Å². The number of imidazole rings is 1. The molecule has 1 unspecified atom stereocenters. The van der Waals surface area contributed by atoms with Gasteiger partial charge in [-0.05, 0) is 43.4 Å². The van der Waals surface area contributed by atoms with E-state index in [-0.39, 0.29) is 10.8 Å². The molecule has 1 aliphatic rings. The van der Waals surface area contributed by atoms with Gasteiger partial charge in [0.05, 0.1) is 11.2 Å². The van der Waals surface area contributed by atoms with Crippen LogP contribution in [0, 0.1) is 5.92 Å². The first-order valence-electron chi connectivity index (χ1n) is 11.0. The van der Waals surface area contributed by atoms with Crippen molar-refractivity contribution >= 4 is 21.6 Å². The second kappa shape index (κ2) is 10.8. The van der Waals surface area contributed by atoms with Crippen LogP contribution >= 0.6 is 0 Å². The van der Waals surface area contributed by atoms with Gasteiger partial charge < -0.3 is 15.2 Å². The number of nitrogens with one attached hydrogen (secondary N) is 2. The van der Waals surface area contributed by atoms with E-state index < -0.39 is 10.0 Å². The van der Waals surface area contributed by atoms with Crippen LogP contribution in [0.15, 0.2) is 41.8 Å². The molecule has 1 saturated heterocycles. The van der Waals surface area contributed by atoms with Crippen LogP contribution < -0.4 is 10.6 Å². The number of sulfonamides is 1. The Morgan fingerprint density at radius 3 is 2.68 bits per heavy atom. The highest BCUT2D eigenvalue weighted by atomic mass is 32.2. The Bertz CT molecular complexity index is 954. The van der Waals surface area contributed by atoms with Crippen LogP contribution in [0.4, 0.5) is 5.69 Å². The van der Waals surface area contributed by atoms with Crippen molar-refractivity contribution in [3.63, 3.8) is 0 Å². The highest BCUT2D eigenvalue weighted by Crippen LogP contribution is 2.25. The van der Waals surface area contributed by atoms with E-state index in [9.17, 15) is 13.2 Å². The summed E-state index contributed by atoms with van der Waals surface area (Å²) in [5.41, 5.74) is 1.01. The molecule has 2 aromatic rings. The molecule has 2 N–H and O–H groups in total. The first kappa shape index (κ1) is 23.3. The van der Waals surface area contributed by atoms with Gasteiger partial charge in [0.2, 0.25) is 10.0 Å². The second-order valence-electron chi connectivity index (χ2n) is 8.16. The molecule has 1 atom stereocenters. The molecule has 0 spiro atoms. The molecule has 0 saturated carbocycles. The molecule has 0 aliphatic carbocycles. The van der Waals surface area contributed by atoms with Crippen molar-refractivity contribution in [1.29, 1.82) is 0 Å². The van der Waals surface area contributed by atoms with Crippen molar-refractivity contribution < 1.29 is 13.2 Å². The van der Waals surface area contributed by atoms with E-state index in [0.717, 1.165) is 38.8 Å². The van der Waals surface area contributed by atoms with E-state index in [4.69, 9.17) is 0 Å². The molecular formula is C22H33N5O3S. The fourth-order valence-electron chi connectivity index (χ4n) is 3.48. The molecule has 3 rings (SSSR count). The maximum absolute atomic E-state index is 13.1. The van der Waals surface area contributed by atoms with E-state index in [0.29, 0.717) is 36.8 Å². The highest BCUT2D eigenvalue weighted by Gasteiger charge is 2.28. The average Bonchev–Trinajstić information content (AvgIpc) is 3.49. The zero-order valence-corrected chi connectivity index (χ0v) is 19.2. The number of carbonyl (C=O) groups is 1. The van der Waals surface area contributed by atoms with E-state index in [1.165, 1.54) is 10.4 Å². The minimum atomic E-state index is -3.61. The van der Waals surface area contributed by atoms with Crippen LogP contribution in [-0.2, 0) is 16.6 Å². The van der Waals surface area contributed by atoms with Crippen molar-refractivity contribution in [2.75, 3.05) is 31.5 Å². The SMILES string of the molecule is CCC(C)CNc1cc(C(=O)NCCCn2ccnc2)cc(S(=O)(=O)N2CCCC2)c1. The molecule has 9 heteroatoms. The monoisotopic (exact) mass is 447 g/mol. The Morgan fingerprint density at radius 1 is 1.23 bits per heavy atom. The van der Waals surface area contributed by atoms with Crippen molar-refractivity contribution in [3.8, 4) is 0 Å². The van der Waals surface area contributed by atoms with Crippen molar-refractivity contribution in [1.82, 2.24) is 19.2 Å². The largest absolute Gasteiger partial charge is 0.385 e. The summed E-state index contributed by atoms with van der Waals surface area (Å²) in [5.74, 6) is 0.176. The normalized spacial score (nSPS) is 15.7. The zero-order chi connectivity index (χ0) is 22.3. The zero-order valence-electron chi connectivity index (χ0n) is 18.4. The molecule has 1 amide bonds. The van der Waals surface area contributed by atoms with Gasteiger partial charge in [-0.2, -0.15) is 4.31 Å². The summed E-state index contributed by atoms with van der Waals surface area (Å²) in [6.07, 6.45) is 8.85. The van der Waals surface area contributed by atoms with Crippen LogP contribution in [0.1, 0.15) is 49.9 Å². The molecule has 8 nitrogen and oxygen atoms in total. The number of hydrogen-bond acceptors (Lipinski definition) is 5. The molecule has 31 heavy (non-hydrogen) atoms. The summed E-state index contributed by atoms with van der Waals surface area (Å²) in [7, 11) is -3.61. The number of anilines is 1. The summed E-state index contributed by atoms with van der Waals surface area (Å²) >= 11 is 0. The molecule has 0 bridgehead atoms. The van der Waals surface area contributed by atoms with Gasteiger partial charge in [0, 0.05) is 56.4 Å². The average molecular weight is 448 g/mol. The number of carbonyl (C=O) groups excluding carboxylic acids is 1. The molecule has 1 aliphatic heterocycles. The van der Waals surface area contributed by atoms with Crippen molar-refractivity contribution in [3.05, 3.63) is 42.5 Å². The van der Waals surface area contributed by atoms with Gasteiger partial charge in [-0.25, -0.2) is 13.4 Å². The lowest BCUT2D eigenvalue weighted by Gasteiger charge is -2.18. The van der Waals surface area contributed by atoms with E-state index >= 15 is 0 Å². The Hall–Kier alpha value is -2.39. The Balaban J connectivity index is 1.74. The van der Waals surface area contributed by atoms with Gasteiger partial charge in [-0.15, -0.1) is 0 Å². The third-order valence-corrected chi connectivity index (χ3v) is 7.54. The van der Waals surface area contributed by atoms with Crippen LogP contribution in [0.3, 0.4) is 0 Å². The smallest absolute Gasteiger partial charge is 0.251 e. The minimum absolute atomic E-state index is 0.173. The number of nitrogens with zero attached hydrogens (tertiary/aromatic N) is 3. The van der Waals surface area contributed by atoms with Crippen LogP contribution in [0.25, 0.3) is 0 Å². The predicted octanol–water partition coefficient (Wildman–Crippen LogP) is 2.95. The van der Waals surface area contributed by atoms with Crippen LogP contribution in [-0.4, -0.2) is 54.4 Å². The van der Waals surface area contributed by atoms with Gasteiger partial charge in [-0.1, -0.05) is 20.3 Å². The number of rotatable bonds is 11. The third-order valence-electron chi connectivity index (χ3n) is 5.66. The fourth-order valence-corrected chi connectivity index (χ4v) is 5.07. The quantitative estimate of drug-likeness (QED) is 0.516. The van der Waals surface area contributed by atoms with Gasteiger partial charge in [0.15, 0.2) is 0 Å². The Morgan fingerprint density at radius 2 is 2.00 bits per heavy atom. The number of hydrogen-bond donors (Lipinski definition) is 2. The molecule has 1 fully saturated rings. The molecular weight excluding hydrogens is 414 g/mol. The summed E-state index contributed by atoms with van der Waals surface area (Å²) < 4.78 is 29.7. The van der Waals surface area contributed by atoms with Gasteiger partial charge in [0.25, 0.3) is 5.91 Å². The van der Waals surface area contributed by atoms with Gasteiger partial charge >= 0.3 is 0 Å². The van der Waals surface area contributed by atoms with Crippen molar-refractivity contribution in [2.45, 2.75) is 51.0 Å². The number of benzene rings is 1. The van der Waals surface area contributed by atoms with Gasteiger partial charge in [0.1, 0.15) is 0 Å². The fraction of sp³-hybridized carbons (Fsp3) is 0.545. The Labute approximate surface area is 185 Å². The molecule has 2 heterocycles. The summed E-state index contributed by atoms with van der Waals surface area (Å²) in [5, 5.41) is 6.21. The second-order valence-corrected chi connectivity index (χ2v) is 10.1. The van der Waals surface area contributed by atoms with Crippen molar-refractivity contribution in [2.24, 2.45) is 5.92 Å². The molecule has 1 aromatic carbocycles.